The van der Waals surface area contributed by atoms with Crippen molar-refractivity contribution in [1.29, 1.82) is 0 Å². The van der Waals surface area contributed by atoms with Crippen molar-refractivity contribution in [1.82, 2.24) is 4.98 Å². The predicted octanol–water partition coefficient (Wildman–Crippen LogP) is 6.44. The zero-order valence-electron chi connectivity index (χ0n) is 18.2. The van der Waals surface area contributed by atoms with Crippen LogP contribution in [-0.4, -0.2) is 17.5 Å². The number of rotatable bonds is 9. The van der Waals surface area contributed by atoms with Crippen LogP contribution in [0.3, 0.4) is 0 Å². The summed E-state index contributed by atoms with van der Waals surface area (Å²) in [4.78, 5) is 16.9. The number of aromatic nitrogens is 1. The molecule has 0 atom stereocenters. The molecule has 166 valence electrons. The third-order valence-electron chi connectivity index (χ3n) is 4.75. The first-order chi connectivity index (χ1) is 16.2. The minimum absolute atomic E-state index is 0.238. The van der Waals surface area contributed by atoms with E-state index in [0.717, 1.165) is 33.9 Å². The molecule has 0 bridgehead atoms. The van der Waals surface area contributed by atoms with E-state index >= 15 is 0 Å². The van der Waals surface area contributed by atoms with Crippen molar-refractivity contribution < 1.29 is 14.3 Å². The monoisotopic (exact) mass is 456 g/mol. The van der Waals surface area contributed by atoms with Gasteiger partial charge in [0.2, 0.25) is 5.91 Å². The zero-order chi connectivity index (χ0) is 22.9. The largest absolute Gasteiger partial charge is 0.493 e. The van der Waals surface area contributed by atoms with E-state index in [1.807, 2.05) is 91.2 Å². The van der Waals surface area contributed by atoms with Crippen LogP contribution in [0, 0.1) is 0 Å². The summed E-state index contributed by atoms with van der Waals surface area (Å²) in [7, 11) is 0. The Balaban J connectivity index is 1.32. The Kier molecular flexibility index (Phi) is 7.51. The highest BCUT2D eigenvalue weighted by molar-refractivity contribution is 7.14. The van der Waals surface area contributed by atoms with Crippen LogP contribution in [0.15, 0.2) is 90.3 Å². The molecule has 4 aromatic rings. The smallest absolute Gasteiger partial charge is 0.250 e. The molecule has 0 aliphatic carbocycles. The second-order valence-electron chi connectivity index (χ2n) is 7.13. The summed E-state index contributed by atoms with van der Waals surface area (Å²) >= 11 is 1.38. The molecule has 5 nitrogen and oxygen atoms in total. The highest BCUT2D eigenvalue weighted by Crippen LogP contribution is 2.32. The van der Waals surface area contributed by atoms with Gasteiger partial charge in [-0.05, 0) is 48.4 Å². The molecule has 0 aliphatic heterocycles. The number of carbonyl (C=O) groups is 1. The fourth-order valence-electron chi connectivity index (χ4n) is 3.15. The van der Waals surface area contributed by atoms with Crippen LogP contribution in [0.2, 0.25) is 0 Å². The molecule has 0 saturated carbocycles. The number of amides is 1. The normalized spacial score (nSPS) is 10.8. The molecule has 0 fully saturated rings. The van der Waals surface area contributed by atoms with Gasteiger partial charge >= 0.3 is 0 Å². The molecule has 33 heavy (non-hydrogen) atoms. The van der Waals surface area contributed by atoms with Gasteiger partial charge in [-0.15, -0.1) is 11.3 Å². The second kappa shape index (κ2) is 11.1. The highest BCUT2D eigenvalue weighted by Gasteiger charge is 2.10. The Bertz CT molecular complexity index is 1220. The van der Waals surface area contributed by atoms with E-state index in [2.05, 4.69) is 10.3 Å². The number of anilines is 1. The SMILES string of the molecule is CCOc1ccccc1-c1csc(NC(=O)/C=C/c2ccc(OCc3ccccc3)cc2)n1. The number of thiazole rings is 1. The van der Waals surface area contributed by atoms with Gasteiger partial charge in [0, 0.05) is 17.0 Å². The molecule has 1 amide bonds. The van der Waals surface area contributed by atoms with Crippen LogP contribution in [0.25, 0.3) is 17.3 Å². The van der Waals surface area contributed by atoms with Crippen LogP contribution < -0.4 is 14.8 Å². The summed E-state index contributed by atoms with van der Waals surface area (Å²) in [5, 5.41) is 5.27. The predicted molar refractivity (Wildman–Crippen MR) is 134 cm³/mol. The molecule has 1 aromatic heterocycles. The quantitative estimate of drug-likeness (QED) is 0.295. The second-order valence-corrected chi connectivity index (χ2v) is 7.99. The standard InChI is InChI=1S/C27H24N2O3S/c1-2-31-25-11-7-6-10-23(25)24-19-33-27(28-24)29-26(30)17-14-20-12-15-22(16-13-20)32-18-21-8-4-3-5-9-21/h3-17,19H,2,18H2,1H3,(H,28,29,30)/b17-14+. The Morgan fingerprint density at radius 2 is 1.73 bits per heavy atom. The molecule has 0 unspecified atom stereocenters. The molecule has 3 aromatic carbocycles. The maximum atomic E-state index is 12.3. The molecule has 1 N–H and O–H groups in total. The Morgan fingerprint density at radius 1 is 0.970 bits per heavy atom. The molecule has 0 aliphatic rings. The summed E-state index contributed by atoms with van der Waals surface area (Å²) < 4.78 is 11.5. The molecular formula is C27H24N2O3S. The first-order valence-electron chi connectivity index (χ1n) is 10.6. The third kappa shape index (κ3) is 6.30. The average Bonchev–Trinajstić information content (AvgIpc) is 3.31. The van der Waals surface area contributed by atoms with Crippen molar-refractivity contribution >= 4 is 28.5 Å². The summed E-state index contributed by atoms with van der Waals surface area (Å²) in [5.74, 6) is 1.32. The van der Waals surface area contributed by atoms with E-state index in [1.54, 1.807) is 6.08 Å². The fraction of sp³-hybridized carbons (Fsp3) is 0.111. The average molecular weight is 457 g/mol. The lowest BCUT2D eigenvalue weighted by Crippen LogP contribution is -2.07. The van der Waals surface area contributed by atoms with Gasteiger partial charge in [-0.2, -0.15) is 0 Å². The lowest BCUT2D eigenvalue weighted by atomic mass is 10.1. The molecule has 6 heteroatoms. The lowest BCUT2D eigenvalue weighted by molar-refractivity contribution is -0.111. The van der Waals surface area contributed by atoms with E-state index < -0.39 is 0 Å². The van der Waals surface area contributed by atoms with E-state index in [9.17, 15) is 4.79 Å². The number of ether oxygens (including phenoxy) is 2. The van der Waals surface area contributed by atoms with Crippen molar-refractivity contribution in [3.8, 4) is 22.8 Å². The number of hydrogen-bond donors (Lipinski definition) is 1. The van der Waals surface area contributed by atoms with Gasteiger partial charge in [0.1, 0.15) is 18.1 Å². The van der Waals surface area contributed by atoms with Crippen LogP contribution in [0.5, 0.6) is 11.5 Å². The summed E-state index contributed by atoms with van der Waals surface area (Å²) in [6.07, 6.45) is 3.25. The van der Waals surface area contributed by atoms with Crippen molar-refractivity contribution in [2.75, 3.05) is 11.9 Å². The number of nitrogens with zero attached hydrogens (tertiary/aromatic N) is 1. The molecular weight excluding hydrogens is 432 g/mol. The number of hydrogen-bond acceptors (Lipinski definition) is 5. The third-order valence-corrected chi connectivity index (χ3v) is 5.51. The van der Waals surface area contributed by atoms with Crippen LogP contribution in [-0.2, 0) is 11.4 Å². The highest BCUT2D eigenvalue weighted by atomic mass is 32.1. The minimum atomic E-state index is -0.238. The van der Waals surface area contributed by atoms with Gasteiger partial charge in [0.05, 0.1) is 12.3 Å². The molecule has 0 spiro atoms. The van der Waals surface area contributed by atoms with Crippen molar-refractivity contribution in [3.63, 3.8) is 0 Å². The summed E-state index contributed by atoms with van der Waals surface area (Å²) in [5.41, 5.74) is 3.70. The van der Waals surface area contributed by atoms with E-state index in [-0.39, 0.29) is 5.91 Å². The topological polar surface area (TPSA) is 60.5 Å². The van der Waals surface area contributed by atoms with Crippen LogP contribution in [0.1, 0.15) is 18.1 Å². The Hall–Kier alpha value is -3.90. The Morgan fingerprint density at radius 3 is 2.52 bits per heavy atom. The Labute approximate surface area is 197 Å². The van der Waals surface area contributed by atoms with Crippen LogP contribution >= 0.6 is 11.3 Å². The molecule has 0 saturated heterocycles. The van der Waals surface area contributed by atoms with E-state index in [4.69, 9.17) is 9.47 Å². The van der Waals surface area contributed by atoms with Gasteiger partial charge in [0.25, 0.3) is 0 Å². The number of carbonyl (C=O) groups excluding carboxylic acids is 1. The lowest BCUT2D eigenvalue weighted by Gasteiger charge is -2.07. The van der Waals surface area contributed by atoms with Gasteiger partial charge in [0.15, 0.2) is 5.13 Å². The van der Waals surface area contributed by atoms with Crippen LogP contribution in [0.4, 0.5) is 5.13 Å². The maximum Gasteiger partial charge on any atom is 0.250 e. The zero-order valence-corrected chi connectivity index (χ0v) is 19.0. The van der Waals surface area contributed by atoms with Crippen molar-refractivity contribution in [2.24, 2.45) is 0 Å². The first kappa shape index (κ1) is 22.3. The van der Waals surface area contributed by atoms with Crippen molar-refractivity contribution in [3.05, 3.63) is 101 Å². The first-order valence-corrected chi connectivity index (χ1v) is 11.5. The van der Waals surface area contributed by atoms with E-state index in [1.165, 1.54) is 17.4 Å². The maximum absolute atomic E-state index is 12.3. The van der Waals surface area contributed by atoms with Crippen molar-refractivity contribution in [2.45, 2.75) is 13.5 Å². The van der Waals surface area contributed by atoms with Gasteiger partial charge in [-0.25, -0.2) is 4.98 Å². The summed E-state index contributed by atoms with van der Waals surface area (Å²) in [6, 6.07) is 25.4. The number of benzene rings is 3. The van der Waals surface area contributed by atoms with Gasteiger partial charge in [-0.3, -0.25) is 10.1 Å². The molecule has 0 radical (unpaired) electrons. The minimum Gasteiger partial charge on any atom is -0.493 e. The summed E-state index contributed by atoms with van der Waals surface area (Å²) in [6.45, 7) is 3.04. The van der Waals surface area contributed by atoms with Gasteiger partial charge in [-0.1, -0.05) is 54.6 Å². The van der Waals surface area contributed by atoms with Gasteiger partial charge < -0.3 is 9.47 Å². The van der Waals surface area contributed by atoms with E-state index in [0.29, 0.717) is 18.3 Å². The number of para-hydroxylation sites is 1. The fourth-order valence-corrected chi connectivity index (χ4v) is 3.86. The molecule has 1 heterocycles. The molecule has 4 rings (SSSR count). The number of nitrogens with one attached hydrogen (secondary N) is 1.